The summed E-state index contributed by atoms with van der Waals surface area (Å²) in [6.07, 6.45) is 1.79. The molecular formula is C16H17N5. The van der Waals surface area contributed by atoms with Crippen LogP contribution in [0.5, 0.6) is 0 Å². The quantitative estimate of drug-likeness (QED) is 0.765. The second kappa shape index (κ2) is 5.75. The van der Waals surface area contributed by atoms with E-state index in [1.165, 1.54) is 0 Å². The lowest BCUT2D eigenvalue weighted by Crippen LogP contribution is -2.05. The number of nitrogens with zero attached hydrogens (tertiary/aromatic N) is 3. The van der Waals surface area contributed by atoms with E-state index in [2.05, 4.69) is 25.6 Å². The van der Waals surface area contributed by atoms with Gasteiger partial charge in [-0.05, 0) is 26.0 Å². The molecule has 2 N–H and O–H groups in total. The van der Waals surface area contributed by atoms with Gasteiger partial charge in [0.2, 0.25) is 5.95 Å². The van der Waals surface area contributed by atoms with Crippen molar-refractivity contribution in [1.82, 2.24) is 15.0 Å². The lowest BCUT2D eigenvalue weighted by Gasteiger charge is -2.10. The van der Waals surface area contributed by atoms with E-state index in [4.69, 9.17) is 0 Å². The number of fused-ring (bicyclic) bond motifs is 1. The highest BCUT2D eigenvalue weighted by atomic mass is 15.1. The average Bonchev–Trinajstić information content (AvgIpc) is 2.47. The number of aryl methyl sites for hydroxylation is 1. The molecule has 0 saturated carbocycles. The first-order chi connectivity index (χ1) is 10.3. The molecule has 0 radical (unpaired) electrons. The fourth-order valence-corrected chi connectivity index (χ4v) is 2.21. The van der Waals surface area contributed by atoms with Crippen molar-refractivity contribution in [2.75, 3.05) is 17.2 Å². The largest absolute Gasteiger partial charge is 0.354 e. The minimum Gasteiger partial charge on any atom is -0.354 e. The summed E-state index contributed by atoms with van der Waals surface area (Å²) in [6, 6.07) is 11.9. The van der Waals surface area contributed by atoms with Crippen LogP contribution in [0, 0.1) is 6.92 Å². The smallest absolute Gasteiger partial charge is 0.224 e. The number of anilines is 3. The lowest BCUT2D eigenvalue weighted by atomic mass is 10.2. The molecule has 3 rings (SSSR count). The lowest BCUT2D eigenvalue weighted by molar-refractivity contribution is 1.05. The Labute approximate surface area is 123 Å². The topological polar surface area (TPSA) is 62.7 Å². The van der Waals surface area contributed by atoms with Gasteiger partial charge in [0.25, 0.3) is 0 Å². The highest BCUT2D eigenvalue weighted by Crippen LogP contribution is 2.24. The van der Waals surface area contributed by atoms with Crippen LogP contribution in [-0.4, -0.2) is 21.5 Å². The molecule has 0 fully saturated rings. The van der Waals surface area contributed by atoms with Crippen molar-refractivity contribution < 1.29 is 0 Å². The molecule has 0 amide bonds. The van der Waals surface area contributed by atoms with E-state index in [9.17, 15) is 0 Å². The van der Waals surface area contributed by atoms with Crippen molar-refractivity contribution in [1.29, 1.82) is 0 Å². The Morgan fingerprint density at radius 1 is 1.10 bits per heavy atom. The summed E-state index contributed by atoms with van der Waals surface area (Å²) in [7, 11) is 0. The van der Waals surface area contributed by atoms with Gasteiger partial charge in [0.05, 0.1) is 11.2 Å². The Bertz CT molecular complexity index is 764. The zero-order valence-electron chi connectivity index (χ0n) is 12.1. The summed E-state index contributed by atoms with van der Waals surface area (Å²) >= 11 is 0. The van der Waals surface area contributed by atoms with Crippen LogP contribution in [0.1, 0.15) is 12.6 Å². The van der Waals surface area contributed by atoms with Gasteiger partial charge in [0.15, 0.2) is 0 Å². The first-order valence-electron chi connectivity index (χ1n) is 6.96. The summed E-state index contributed by atoms with van der Waals surface area (Å²) in [5.74, 6) is 1.39. The number of rotatable bonds is 4. The van der Waals surface area contributed by atoms with Crippen molar-refractivity contribution in [2.45, 2.75) is 13.8 Å². The number of benzene rings is 1. The Kier molecular flexibility index (Phi) is 3.64. The van der Waals surface area contributed by atoms with Gasteiger partial charge < -0.3 is 10.6 Å². The first kappa shape index (κ1) is 13.3. The van der Waals surface area contributed by atoms with Gasteiger partial charge in [-0.2, -0.15) is 4.98 Å². The highest BCUT2D eigenvalue weighted by molar-refractivity contribution is 5.91. The predicted octanol–water partition coefficient (Wildman–Crippen LogP) is 3.51. The van der Waals surface area contributed by atoms with Gasteiger partial charge in [-0.3, -0.25) is 4.98 Å². The minimum atomic E-state index is 0.633. The van der Waals surface area contributed by atoms with E-state index >= 15 is 0 Å². The van der Waals surface area contributed by atoms with Gasteiger partial charge in [-0.25, -0.2) is 4.98 Å². The van der Waals surface area contributed by atoms with Crippen LogP contribution in [0.4, 0.5) is 17.5 Å². The maximum absolute atomic E-state index is 4.46. The predicted molar refractivity (Wildman–Crippen MR) is 86.0 cm³/mol. The molecule has 5 heteroatoms. The fourth-order valence-electron chi connectivity index (χ4n) is 2.21. The van der Waals surface area contributed by atoms with E-state index in [0.29, 0.717) is 5.95 Å². The SMILES string of the molecule is CCNc1nc(C)cc(Nc2cccc3cccnc23)n1. The molecule has 2 aromatic heterocycles. The Hall–Kier alpha value is -2.69. The molecule has 21 heavy (non-hydrogen) atoms. The monoisotopic (exact) mass is 279 g/mol. The van der Waals surface area contributed by atoms with Crippen molar-refractivity contribution in [3.63, 3.8) is 0 Å². The molecular weight excluding hydrogens is 262 g/mol. The molecule has 0 aliphatic carbocycles. The second-order valence-electron chi connectivity index (χ2n) is 4.75. The molecule has 106 valence electrons. The summed E-state index contributed by atoms with van der Waals surface area (Å²) in [4.78, 5) is 13.3. The molecule has 2 heterocycles. The van der Waals surface area contributed by atoms with E-state index in [0.717, 1.165) is 34.6 Å². The zero-order chi connectivity index (χ0) is 14.7. The zero-order valence-corrected chi connectivity index (χ0v) is 12.1. The molecule has 0 aliphatic rings. The summed E-state index contributed by atoms with van der Waals surface area (Å²) in [6.45, 7) is 4.77. The van der Waals surface area contributed by atoms with Gasteiger partial charge in [-0.15, -0.1) is 0 Å². The number of aromatic nitrogens is 3. The number of hydrogen-bond acceptors (Lipinski definition) is 5. The van der Waals surface area contributed by atoms with E-state index in [-0.39, 0.29) is 0 Å². The van der Waals surface area contributed by atoms with Gasteiger partial charge in [0.1, 0.15) is 5.82 Å². The third-order valence-corrected chi connectivity index (χ3v) is 3.08. The van der Waals surface area contributed by atoms with Crippen LogP contribution in [-0.2, 0) is 0 Å². The molecule has 0 unspecified atom stereocenters. The summed E-state index contributed by atoms with van der Waals surface area (Å²) < 4.78 is 0. The van der Waals surface area contributed by atoms with Crippen LogP contribution in [0.2, 0.25) is 0 Å². The van der Waals surface area contributed by atoms with Crippen LogP contribution in [0.25, 0.3) is 10.9 Å². The van der Waals surface area contributed by atoms with E-state index < -0.39 is 0 Å². The molecule has 0 atom stereocenters. The number of para-hydroxylation sites is 1. The number of hydrogen-bond donors (Lipinski definition) is 2. The Morgan fingerprint density at radius 3 is 2.81 bits per heavy atom. The minimum absolute atomic E-state index is 0.633. The molecule has 0 bridgehead atoms. The van der Waals surface area contributed by atoms with Crippen molar-refractivity contribution in [3.8, 4) is 0 Å². The Morgan fingerprint density at radius 2 is 1.95 bits per heavy atom. The van der Waals surface area contributed by atoms with Crippen LogP contribution >= 0.6 is 0 Å². The van der Waals surface area contributed by atoms with Crippen molar-refractivity contribution >= 4 is 28.4 Å². The molecule has 3 aromatic rings. The third kappa shape index (κ3) is 2.91. The molecule has 0 spiro atoms. The maximum atomic E-state index is 4.46. The van der Waals surface area contributed by atoms with Crippen LogP contribution in [0.15, 0.2) is 42.6 Å². The first-order valence-corrected chi connectivity index (χ1v) is 6.96. The van der Waals surface area contributed by atoms with Crippen LogP contribution in [0.3, 0.4) is 0 Å². The number of pyridine rings is 1. The van der Waals surface area contributed by atoms with Gasteiger partial charge in [-0.1, -0.05) is 18.2 Å². The van der Waals surface area contributed by atoms with Gasteiger partial charge >= 0.3 is 0 Å². The molecule has 0 aliphatic heterocycles. The second-order valence-corrected chi connectivity index (χ2v) is 4.75. The number of nitrogens with one attached hydrogen (secondary N) is 2. The molecule has 1 aromatic carbocycles. The standard InChI is InChI=1S/C16H17N5/c1-3-17-16-19-11(2)10-14(21-16)20-13-8-4-6-12-7-5-9-18-15(12)13/h4-10H,3H2,1-2H3,(H2,17,19,20,21). The van der Waals surface area contributed by atoms with Crippen LogP contribution < -0.4 is 10.6 Å². The molecule has 0 saturated heterocycles. The molecule has 5 nitrogen and oxygen atoms in total. The van der Waals surface area contributed by atoms with Gasteiger partial charge in [0, 0.05) is 29.9 Å². The van der Waals surface area contributed by atoms with Crippen molar-refractivity contribution in [2.24, 2.45) is 0 Å². The highest BCUT2D eigenvalue weighted by Gasteiger charge is 2.05. The normalized spacial score (nSPS) is 10.6. The summed E-state index contributed by atoms with van der Waals surface area (Å²) in [5.41, 5.74) is 2.78. The Balaban J connectivity index is 1.98. The van der Waals surface area contributed by atoms with E-state index in [1.807, 2.05) is 50.2 Å². The third-order valence-electron chi connectivity index (χ3n) is 3.08. The average molecular weight is 279 g/mol. The van der Waals surface area contributed by atoms with Crippen molar-refractivity contribution in [3.05, 3.63) is 48.3 Å². The fraction of sp³-hybridized carbons (Fsp3) is 0.188. The van der Waals surface area contributed by atoms with E-state index in [1.54, 1.807) is 6.20 Å². The summed E-state index contributed by atoms with van der Waals surface area (Å²) in [5, 5.41) is 7.56. The maximum Gasteiger partial charge on any atom is 0.224 e.